The SMILES string of the molecule is Fc1cccc2c(Sc3nnnn3CC3CCCO3)ncnc12. The molecule has 3 heterocycles. The van der Waals surface area contributed by atoms with Gasteiger partial charge in [-0.15, -0.1) is 5.10 Å². The molecule has 23 heavy (non-hydrogen) atoms. The fraction of sp³-hybridized carbons (Fsp3) is 0.357. The predicted octanol–water partition coefficient (Wildman–Crippen LogP) is 2.09. The summed E-state index contributed by atoms with van der Waals surface area (Å²) in [6.45, 7) is 1.39. The van der Waals surface area contributed by atoms with E-state index in [0.29, 0.717) is 27.6 Å². The van der Waals surface area contributed by atoms with Gasteiger partial charge in [-0.3, -0.25) is 0 Å². The van der Waals surface area contributed by atoms with Crippen LogP contribution in [-0.4, -0.2) is 42.9 Å². The summed E-state index contributed by atoms with van der Waals surface area (Å²) < 4.78 is 21.2. The molecule has 0 amide bonds. The fourth-order valence-corrected chi connectivity index (χ4v) is 3.40. The summed E-state index contributed by atoms with van der Waals surface area (Å²) in [5, 5.41) is 13.6. The summed E-state index contributed by atoms with van der Waals surface area (Å²) in [7, 11) is 0. The van der Waals surface area contributed by atoms with E-state index >= 15 is 0 Å². The van der Waals surface area contributed by atoms with Crippen LogP contribution in [0.2, 0.25) is 0 Å². The van der Waals surface area contributed by atoms with Crippen LogP contribution in [-0.2, 0) is 11.3 Å². The van der Waals surface area contributed by atoms with Crippen LogP contribution in [0.5, 0.6) is 0 Å². The molecule has 0 radical (unpaired) electrons. The zero-order chi connectivity index (χ0) is 15.6. The Hall–Kier alpha value is -2.13. The van der Waals surface area contributed by atoms with Gasteiger partial charge in [-0.05, 0) is 47.2 Å². The number of benzene rings is 1. The lowest BCUT2D eigenvalue weighted by Gasteiger charge is -2.10. The van der Waals surface area contributed by atoms with Crippen LogP contribution in [0.3, 0.4) is 0 Å². The van der Waals surface area contributed by atoms with Crippen molar-refractivity contribution >= 4 is 22.7 Å². The van der Waals surface area contributed by atoms with Crippen molar-refractivity contribution in [1.82, 2.24) is 30.2 Å². The molecule has 1 aromatic carbocycles. The molecule has 1 aliphatic rings. The zero-order valence-corrected chi connectivity index (χ0v) is 12.9. The molecular weight excluding hydrogens is 319 g/mol. The summed E-state index contributed by atoms with van der Waals surface area (Å²) >= 11 is 1.30. The van der Waals surface area contributed by atoms with Crippen molar-refractivity contribution in [2.24, 2.45) is 0 Å². The quantitative estimate of drug-likeness (QED) is 0.677. The number of hydrogen-bond donors (Lipinski definition) is 0. The molecule has 1 aliphatic heterocycles. The van der Waals surface area contributed by atoms with Crippen molar-refractivity contribution in [3.8, 4) is 0 Å². The first-order valence-corrected chi connectivity index (χ1v) is 8.08. The van der Waals surface area contributed by atoms with E-state index in [9.17, 15) is 4.39 Å². The van der Waals surface area contributed by atoms with Crippen LogP contribution in [0.1, 0.15) is 12.8 Å². The number of halogens is 1. The topological polar surface area (TPSA) is 78.6 Å². The molecule has 0 spiro atoms. The first-order valence-electron chi connectivity index (χ1n) is 7.26. The van der Waals surface area contributed by atoms with Gasteiger partial charge in [0, 0.05) is 12.0 Å². The summed E-state index contributed by atoms with van der Waals surface area (Å²) in [4.78, 5) is 8.24. The minimum atomic E-state index is -0.370. The summed E-state index contributed by atoms with van der Waals surface area (Å²) in [5.41, 5.74) is 0.295. The standard InChI is InChI=1S/C14H13FN6OS/c15-11-5-1-4-10-12(11)16-8-17-13(10)23-14-18-19-20-21(14)7-9-3-2-6-22-9/h1,4-5,8-9H,2-3,6-7H2. The number of ether oxygens (including phenoxy) is 1. The summed E-state index contributed by atoms with van der Waals surface area (Å²) in [6.07, 6.45) is 3.55. The van der Waals surface area contributed by atoms with Crippen LogP contribution in [0.15, 0.2) is 34.7 Å². The minimum Gasteiger partial charge on any atom is -0.376 e. The van der Waals surface area contributed by atoms with Crippen molar-refractivity contribution in [2.75, 3.05) is 6.61 Å². The molecule has 9 heteroatoms. The van der Waals surface area contributed by atoms with Crippen molar-refractivity contribution in [1.29, 1.82) is 0 Å². The van der Waals surface area contributed by atoms with Crippen LogP contribution in [0.4, 0.5) is 4.39 Å². The monoisotopic (exact) mass is 332 g/mol. The van der Waals surface area contributed by atoms with E-state index < -0.39 is 0 Å². The first kappa shape index (κ1) is 14.5. The Kier molecular flexibility index (Phi) is 3.88. The van der Waals surface area contributed by atoms with E-state index in [1.54, 1.807) is 16.8 Å². The van der Waals surface area contributed by atoms with Crippen molar-refractivity contribution < 1.29 is 9.13 Å². The van der Waals surface area contributed by atoms with Crippen molar-refractivity contribution in [3.63, 3.8) is 0 Å². The van der Waals surface area contributed by atoms with Gasteiger partial charge in [0.25, 0.3) is 0 Å². The average Bonchev–Trinajstić information content (AvgIpc) is 3.22. The van der Waals surface area contributed by atoms with Gasteiger partial charge < -0.3 is 4.74 Å². The highest BCUT2D eigenvalue weighted by Crippen LogP contribution is 2.30. The molecule has 0 bridgehead atoms. The number of aromatic nitrogens is 6. The molecule has 0 saturated carbocycles. The highest BCUT2D eigenvalue weighted by Gasteiger charge is 2.20. The van der Waals surface area contributed by atoms with Gasteiger partial charge in [-0.25, -0.2) is 19.0 Å². The van der Waals surface area contributed by atoms with Crippen LogP contribution >= 0.6 is 11.8 Å². The Labute approximate surface area is 135 Å². The Morgan fingerprint density at radius 1 is 1.35 bits per heavy atom. The summed E-state index contributed by atoms with van der Waals surface area (Å²) in [6, 6.07) is 4.81. The van der Waals surface area contributed by atoms with Crippen LogP contribution < -0.4 is 0 Å². The molecule has 2 aromatic heterocycles. The lowest BCUT2D eigenvalue weighted by atomic mass is 10.2. The molecule has 3 aromatic rings. The fourth-order valence-electron chi connectivity index (χ4n) is 2.56. The van der Waals surface area contributed by atoms with Gasteiger partial charge >= 0.3 is 0 Å². The van der Waals surface area contributed by atoms with E-state index in [4.69, 9.17) is 4.74 Å². The Balaban J connectivity index is 1.64. The second kappa shape index (κ2) is 6.17. The van der Waals surface area contributed by atoms with E-state index in [1.807, 2.05) is 0 Å². The lowest BCUT2D eigenvalue weighted by molar-refractivity contribution is 0.0912. The average molecular weight is 332 g/mol. The van der Waals surface area contributed by atoms with Gasteiger partial charge in [0.15, 0.2) is 0 Å². The maximum Gasteiger partial charge on any atom is 0.215 e. The van der Waals surface area contributed by atoms with E-state index in [2.05, 4.69) is 25.5 Å². The predicted molar refractivity (Wildman–Crippen MR) is 80.4 cm³/mol. The molecule has 4 rings (SSSR count). The van der Waals surface area contributed by atoms with Gasteiger partial charge in [-0.2, -0.15) is 0 Å². The van der Waals surface area contributed by atoms with Crippen molar-refractivity contribution in [3.05, 3.63) is 30.3 Å². The van der Waals surface area contributed by atoms with Gasteiger partial charge in [0.05, 0.1) is 12.6 Å². The van der Waals surface area contributed by atoms with Gasteiger partial charge in [0.1, 0.15) is 22.7 Å². The van der Waals surface area contributed by atoms with E-state index in [0.717, 1.165) is 19.4 Å². The number of fused-ring (bicyclic) bond motifs is 1. The number of tetrazole rings is 1. The van der Waals surface area contributed by atoms with E-state index in [-0.39, 0.29) is 11.9 Å². The second-order valence-corrected chi connectivity index (χ2v) is 6.15. The molecule has 1 unspecified atom stereocenters. The zero-order valence-electron chi connectivity index (χ0n) is 12.1. The molecular formula is C14H13FN6OS. The third-order valence-electron chi connectivity index (χ3n) is 3.67. The second-order valence-electron chi connectivity index (χ2n) is 5.20. The Morgan fingerprint density at radius 2 is 2.30 bits per heavy atom. The Bertz CT molecular complexity index is 835. The molecule has 1 saturated heterocycles. The number of rotatable bonds is 4. The van der Waals surface area contributed by atoms with Gasteiger partial charge in [0.2, 0.25) is 5.16 Å². The number of hydrogen-bond acceptors (Lipinski definition) is 7. The highest BCUT2D eigenvalue weighted by atomic mass is 32.2. The maximum absolute atomic E-state index is 13.8. The lowest BCUT2D eigenvalue weighted by Crippen LogP contribution is -2.16. The molecule has 118 valence electrons. The third-order valence-corrected chi connectivity index (χ3v) is 4.66. The molecule has 7 nitrogen and oxygen atoms in total. The smallest absolute Gasteiger partial charge is 0.215 e. The number of nitrogens with zero attached hydrogens (tertiary/aromatic N) is 6. The Morgan fingerprint density at radius 3 is 3.17 bits per heavy atom. The minimum absolute atomic E-state index is 0.137. The molecule has 0 aliphatic carbocycles. The highest BCUT2D eigenvalue weighted by molar-refractivity contribution is 7.99. The van der Waals surface area contributed by atoms with E-state index in [1.165, 1.54) is 24.2 Å². The third kappa shape index (κ3) is 2.89. The molecule has 1 fully saturated rings. The molecule has 1 atom stereocenters. The molecule has 0 N–H and O–H groups in total. The summed E-state index contributed by atoms with van der Waals surface area (Å²) in [5.74, 6) is -0.370. The number of para-hydroxylation sites is 1. The van der Waals surface area contributed by atoms with Gasteiger partial charge in [-0.1, -0.05) is 6.07 Å². The first-order chi connectivity index (χ1) is 11.3. The van der Waals surface area contributed by atoms with Crippen molar-refractivity contribution in [2.45, 2.75) is 35.7 Å². The normalized spacial score (nSPS) is 17.9. The van der Waals surface area contributed by atoms with Crippen LogP contribution in [0, 0.1) is 5.82 Å². The maximum atomic E-state index is 13.8. The largest absolute Gasteiger partial charge is 0.376 e. The van der Waals surface area contributed by atoms with Crippen LogP contribution in [0.25, 0.3) is 10.9 Å².